The number of benzene rings is 2. The van der Waals surface area contributed by atoms with E-state index in [4.69, 9.17) is 4.74 Å². The first-order valence-electron chi connectivity index (χ1n) is 13.0. The molecule has 0 radical (unpaired) electrons. The van der Waals surface area contributed by atoms with Crippen LogP contribution in [0.3, 0.4) is 0 Å². The van der Waals surface area contributed by atoms with Crippen molar-refractivity contribution in [2.75, 3.05) is 20.3 Å². The molecule has 2 saturated heterocycles. The number of imidazole rings is 2. The number of hydrogen-bond acceptors (Lipinski definition) is 5. The lowest BCUT2D eigenvalue weighted by molar-refractivity contribution is 0.159. The molecule has 0 amide bonds. The van der Waals surface area contributed by atoms with E-state index < -0.39 is 0 Å². The highest BCUT2D eigenvalue weighted by Crippen LogP contribution is 2.30. The molecule has 0 aliphatic carbocycles. The van der Waals surface area contributed by atoms with Gasteiger partial charge in [-0.15, -0.1) is 0 Å². The number of H-pyrrole nitrogens is 2. The Bertz CT molecular complexity index is 1290. The largest absolute Gasteiger partial charge is 0.384 e. The fourth-order valence-electron chi connectivity index (χ4n) is 5.53. The van der Waals surface area contributed by atoms with Gasteiger partial charge in [0.25, 0.3) is 0 Å². The van der Waals surface area contributed by atoms with Gasteiger partial charge >= 0.3 is 0 Å². The molecular weight excluding hydrogens is 448 g/mol. The van der Waals surface area contributed by atoms with Gasteiger partial charge in [0.2, 0.25) is 0 Å². The van der Waals surface area contributed by atoms with Crippen molar-refractivity contribution in [1.29, 1.82) is 0 Å². The summed E-state index contributed by atoms with van der Waals surface area (Å²) in [5.41, 5.74) is 6.79. The van der Waals surface area contributed by atoms with Crippen LogP contribution in [0.2, 0.25) is 0 Å². The lowest BCUT2D eigenvalue weighted by atomic mass is 10.0. The first-order chi connectivity index (χ1) is 17.7. The monoisotopic (exact) mass is 482 g/mol. The van der Waals surface area contributed by atoms with Crippen molar-refractivity contribution in [2.45, 2.75) is 44.3 Å². The SMILES string of the molecule is COCC1CNC(c2ncc(-c3ccc(-c4ccc(-c5cnc(C6CCC(C)N6)[nH]5)cc4)cc3)[nH]2)C1. The molecule has 0 spiro atoms. The Morgan fingerprint density at radius 1 is 0.778 bits per heavy atom. The van der Waals surface area contributed by atoms with Crippen molar-refractivity contribution < 1.29 is 4.74 Å². The molecule has 2 aliphatic rings. The Morgan fingerprint density at radius 2 is 1.33 bits per heavy atom. The van der Waals surface area contributed by atoms with Gasteiger partial charge in [-0.25, -0.2) is 9.97 Å². The number of ether oxygens (including phenoxy) is 1. The van der Waals surface area contributed by atoms with Crippen LogP contribution in [0.5, 0.6) is 0 Å². The van der Waals surface area contributed by atoms with Gasteiger partial charge < -0.3 is 25.3 Å². The predicted octanol–water partition coefficient (Wildman–Crippen LogP) is 5.24. The van der Waals surface area contributed by atoms with Crippen molar-refractivity contribution in [3.05, 3.63) is 72.6 Å². The Balaban J connectivity index is 1.12. The third-order valence-electron chi connectivity index (χ3n) is 7.57. The number of nitrogens with one attached hydrogen (secondary N) is 4. The van der Waals surface area contributed by atoms with Crippen LogP contribution in [0.25, 0.3) is 33.6 Å². The van der Waals surface area contributed by atoms with Gasteiger partial charge in [-0.05, 0) is 54.4 Å². The summed E-state index contributed by atoms with van der Waals surface area (Å²) < 4.78 is 5.31. The van der Waals surface area contributed by atoms with Crippen LogP contribution < -0.4 is 10.6 Å². The Hall–Kier alpha value is -3.26. The highest BCUT2D eigenvalue weighted by molar-refractivity contribution is 5.71. The van der Waals surface area contributed by atoms with Gasteiger partial charge in [-0.2, -0.15) is 0 Å². The molecule has 0 bridgehead atoms. The lowest BCUT2D eigenvalue weighted by Gasteiger charge is -2.08. The zero-order valence-corrected chi connectivity index (χ0v) is 20.9. The zero-order chi connectivity index (χ0) is 24.5. The van der Waals surface area contributed by atoms with Crippen LogP contribution in [-0.4, -0.2) is 46.2 Å². The van der Waals surface area contributed by atoms with Crippen LogP contribution in [0.1, 0.15) is 49.9 Å². The summed E-state index contributed by atoms with van der Waals surface area (Å²) in [4.78, 5) is 16.3. The van der Waals surface area contributed by atoms with E-state index in [2.05, 4.69) is 86.0 Å². The zero-order valence-electron chi connectivity index (χ0n) is 20.9. The number of aromatic amines is 2. The number of hydrogen-bond donors (Lipinski definition) is 4. The van der Waals surface area contributed by atoms with E-state index >= 15 is 0 Å². The van der Waals surface area contributed by atoms with E-state index in [1.165, 1.54) is 17.5 Å². The molecule has 0 saturated carbocycles. The van der Waals surface area contributed by atoms with Crippen molar-refractivity contribution in [1.82, 2.24) is 30.6 Å². The maximum Gasteiger partial charge on any atom is 0.123 e. The molecule has 4 N–H and O–H groups in total. The Labute approximate surface area is 212 Å². The molecule has 2 aromatic heterocycles. The molecule has 4 unspecified atom stereocenters. The maximum absolute atomic E-state index is 5.31. The van der Waals surface area contributed by atoms with Crippen molar-refractivity contribution >= 4 is 0 Å². The van der Waals surface area contributed by atoms with Crippen LogP contribution in [0.15, 0.2) is 60.9 Å². The summed E-state index contributed by atoms with van der Waals surface area (Å²) in [5.74, 6) is 2.58. The number of nitrogens with zero attached hydrogens (tertiary/aromatic N) is 2. The molecular formula is C29H34N6O. The minimum absolute atomic E-state index is 0.264. The minimum atomic E-state index is 0.264. The second-order valence-electron chi connectivity index (χ2n) is 10.2. The van der Waals surface area contributed by atoms with Gasteiger partial charge in [0, 0.05) is 19.7 Å². The van der Waals surface area contributed by atoms with E-state index in [1.807, 2.05) is 12.4 Å². The molecule has 36 heavy (non-hydrogen) atoms. The Morgan fingerprint density at radius 3 is 1.86 bits per heavy atom. The van der Waals surface area contributed by atoms with E-state index in [9.17, 15) is 0 Å². The van der Waals surface area contributed by atoms with Crippen molar-refractivity contribution in [3.63, 3.8) is 0 Å². The summed E-state index contributed by atoms with van der Waals surface area (Å²) in [6, 6.07) is 18.5. The van der Waals surface area contributed by atoms with Gasteiger partial charge in [0.05, 0.1) is 42.5 Å². The third kappa shape index (κ3) is 4.74. The predicted molar refractivity (Wildman–Crippen MR) is 142 cm³/mol. The second-order valence-corrected chi connectivity index (χ2v) is 10.2. The van der Waals surface area contributed by atoms with Gasteiger partial charge in [-0.3, -0.25) is 0 Å². The molecule has 2 aromatic carbocycles. The molecule has 4 heterocycles. The van der Waals surface area contributed by atoms with Crippen LogP contribution in [-0.2, 0) is 4.74 Å². The second kappa shape index (κ2) is 10.0. The summed E-state index contributed by atoms with van der Waals surface area (Å²) in [6.07, 6.45) is 7.26. The van der Waals surface area contributed by atoms with E-state index in [0.29, 0.717) is 18.0 Å². The first-order valence-corrected chi connectivity index (χ1v) is 13.0. The average Bonchev–Trinajstić information content (AvgIpc) is 3.71. The van der Waals surface area contributed by atoms with Crippen LogP contribution in [0.4, 0.5) is 0 Å². The Kier molecular flexibility index (Phi) is 6.44. The van der Waals surface area contributed by atoms with E-state index in [1.54, 1.807) is 7.11 Å². The van der Waals surface area contributed by atoms with Gasteiger partial charge in [0.1, 0.15) is 11.6 Å². The van der Waals surface area contributed by atoms with Crippen LogP contribution >= 0.6 is 0 Å². The molecule has 7 heteroatoms. The molecule has 2 aliphatic heterocycles. The van der Waals surface area contributed by atoms with Gasteiger partial charge in [0.15, 0.2) is 0 Å². The van der Waals surface area contributed by atoms with Crippen molar-refractivity contribution in [3.8, 4) is 33.6 Å². The maximum atomic E-state index is 5.31. The number of methoxy groups -OCH3 is 1. The topological polar surface area (TPSA) is 90.7 Å². The standard InChI is InChI=1S/C29H34N6O/c1-18-3-12-24(33-18)28-31-15-26(34-28)22-8-4-20(5-9-22)21-6-10-23(11-7-21)27-16-32-29(35-27)25-13-19(14-30-25)17-36-2/h4-11,15-16,18-19,24-25,30,33H,3,12-14,17H2,1-2H3,(H,31,34)(H,32,35). The normalized spacial score (nSPS) is 23.9. The summed E-state index contributed by atoms with van der Waals surface area (Å²) in [6.45, 7) is 3.99. The summed E-state index contributed by atoms with van der Waals surface area (Å²) >= 11 is 0. The fourth-order valence-corrected chi connectivity index (χ4v) is 5.53. The molecule has 4 atom stereocenters. The first kappa shape index (κ1) is 23.2. The highest BCUT2D eigenvalue weighted by Gasteiger charge is 2.27. The molecule has 4 aromatic rings. The van der Waals surface area contributed by atoms with Crippen molar-refractivity contribution in [2.24, 2.45) is 5.92 Å². The highest BCUT2D eigenvalue weighted by atomic mass is 16.5. The van der Waals surface area contributed by atoms with Gasteiger partial charge in [-0.1, -0.05) is 48.5 Å². The molecule has 7 nitrogen and oxygen atoms in total. The molecule has 6 rings (SSSR count). The number of rotatable bonds is 7. The summed E-state index contributed by atoms with van der Waals surface area (Å²) in [5, 5.41) is 7.15. The molecule has 2 fully saturated rings. The number of aromatic nitrogens is 4. The van der Waals surface area contributed by atoms with E-state index in [-0.39, 0.29) is 6.04 Å². The third-order valence-corrected chi connectivity index (χ3v) is 7.57. The van der Waals surface area contributed by atoms with Crippen LogP contribution in [0, 0.1) is 5.92 Å². The minimum Gasteiger partial charge on any atom is -0.384 e. The average molecular weight is 483 g/mol. The lowest BCUT2D eigenvalue weighted by Crippen LogP contribution is -2.21. The summed E-state index contributed by atoms with van der Waals surface area (Å²) in [7, 11) is 1.76. The smallest absolute Gasteiger partial charge is 0.123 e. The fraction of sp³-hybridized carbons (Fsp3) is 0.379. The van der Waals surface area contributed by atoms with E-state index in [0.717, 1.165) is 60.2 Å². The quantitative estimate of drug-likeness (QED) is 0.289. The molecule has 186 valence electrons.